The number of nitrogens with zero attached hydrogens (tertiary/aromatic N) is 5. The predicted molar refractivity (Wildman–Crippen MR) is 224 cm³/mol. The maximum Gasteiger partial charge on any atom is 0.0998 e. The fourth-order valence-corrected chi connectivity index (χ4v) is 8.98. The Morgan fingerprint density at radius 3 is 1.36 bits per heavy atom. The molecule has 0 aliphatic heterocycles. The van der Waals surface area contributed by atoms with Crippen LogP contribution in [0, 0.1) is 22.7 Å². The summed E-state index contributed by atoms with van der Waals surface area (Å²) in [6, 6.07) is 65.8. The molecule has 0 spiro atoms. The summed E-state index contributed by atoms with van der Waals surface area (Å²) in [5, 5.41) is 27.6. The van der Waals surface area contributed by atoms with Gasteiger partial charge in [0.15, 0.2) is 0 Å². The van der Waals surface area contributed by atoms with Gasteiger partial charge < -0.3 is 13.7 Å². The van der Waals surface area contributed by atoms with Gasteiger partial charge in [0, 0.05) is 43.4 Å². The Bertz CT molecular complexity index is 3420. The van der Waals surface area contributed by atoms with E-state index in [0.717, 1.165) is 82.8 Å². The van der Waals surface area contributed by atoms with Gasteiger partial charge in [0.05, 0.1) is 73.4 Å². The Hall–Kier alpha value is -7.86. The molecule has 11 rings (SSSR count). The minimum atomic E-state index is 0.577. The van der Waals surface area contributed by atoms with Crippen LogP contribution in [0.15, 0.2) is 176 Å². The van der Waals surface area contributed by atoms with E-state index in [1.807, 2.05) is 48.5 Å². The third-order valence-electron chi connectivity index (χ3n) is 11.1. The van der Waals surface area contributed by atoms with Crippen LogP contribution in [0.5, 0.6) is 0 Å². The highest BCUT2D eigenvalue weighted by molar-refractivity contribution is 6.17. The lowest BCUT2D eigenvalue weighted by molar-refractivity contribution is 1.15. The second-order valence-electron chi connectivity index (χ2n) is 13.9. The molecule has 5 heteroatoms. The van der Waals surface area contributed by atoms with Gasteiger partial charge in [0.25, 0.3) is 0 Å². The number of rotatable bonds is 4. The van der Waals surface area contributed by atoms with E-state index in [2.05, 4.69) is 153 Å². The molecule has 8 aromatic carbocycles. The van der Waals surface area contributed by atoms with Gasteiger partial charge in [-0.05, 0) is 66.7 Å². The quantitative estimate of drug-likeness (QED) is 0.184. The van der Waals surface area contributed by atoms with Gasteiger partial charge >= 0.3 is 0 Å². The molecule has 0 aliphatic carbocycles. The van der Waals surface area contributed by atoms with E-state index < -0.39 is 0 Å². The molecule has 3 aromatic heterocycles. The number of benzene rings is 8. The molecule has 0 atom stereocenters. The van der Waals surface area contributed by atoms with Crippen LogP contribution in [-0.2, 0) is 0 Å². The van der Waals surface area contributed by atoms with Crippen LogP contribution in [0.3, 0.4) is 0 Å². The summed E-state index contributed by atoms with van der Waals surface area (Å²) in [7, 11) is 0. The van der Waals surface area contributed by atoms with E-state index in [4.69, 9.17) is 0 Å². The van der Waals surface area contributed by atoms with E-state index in [1.165, 1.54) is 10.8 Å². The molecule has 0 radical (unpaired) electrons. The second kappa shape index (κ2) is 11.8. The van der Waals surface area contributed by atoms with Crippen molar-refractivity contribution < 1.29 is 0 Å². The van der Waals surface area contributed by atoms with E-state index >= 15 is 0 Å². The Kier molecular flexibility index (Phi) is 6.61. The number of hydrogen-bond acceptors (Lipinski definition) is 2. The van der Waals surface area contributed by atoms with Gasteiger partial charge in [-0.25, -0.2) is 0 Å². The van der Waals surface area contributed by atoms with Gasteiger partial charge in [0.2, 0.25) is 0 Å². The summed E-state index contributed by atoms with van der Waals surface area (Å²) in [4.78, 5) is 0. The van der Waals surface area contributed by atoms with Crippen molar-refractivity contribution in [2.24, 2.45) is 0 Å². The fourth-order valence-electron chi connectivity index (χ4n) is 8.98. The van der Waals surface area contributed by atoms with Crippen LogP contribution in [0.2, 0.25) is 0 Å². The largest absolute Gasteiger partial charge is 0.309 e. The Balaban J connectivity index is 1.25. The Morgan fingerprint density at radius 1 is 0.309 bits per heavy atom. The molecule has 0 aliphatic rings. The smallest absolute Gasteiger partial charge is 0.0998 e. The lowest BCUT2D eigenvalue weighted by Crippen LogP contribution is -2.03. The van der Waals surface area contributed by atoms with E-state index in [1.54, 1.807) is 0 Å². The highest BCUT2D eigenvalue weighted by Crippen LogP contribution is 2.44. The average Bonchev–Trinajstić information content (AvgIpc) is 3.89. The molecule has 0 N–H and O–H groups in total. The molecule has 254 valence electrons. The topological polar surface area (TPSA) is 62.4 Å². The van der Waals surface area contributed by atoms with Crippen molar-refractivity contribution in [2.75, 3.05) is 0 Å². The monoisotopic (exact) mass is 699 g/mol. The van der Waals surface area contributed by atoms with Crippen molar-refractivity contribution in [1.29, 1.82) is 10.5 Å². The van der Waals surface area contributed by atoms with Crippen LogP contribution >= 0.6 is 0 Å². The summed E-state index contributed by atoms with van der Waals surface area (Å²) in [6.45, 7) is 0. The maximum absolute atomic E-state index is 10.8. The summed E-state index contributed by atoms with van der Waals surface area (Å²) in [5.74, 6) is 0. The van der Waals surface area contributed by atoms with Crippen LogP contribution in [0.25, 0.3) is 93.6 Å². The van der Waals surface area contributed by atoms with Gasteiger partial charge in [-0.2, -0.15) is 10.5 Å². The summed E-state index contributed by atoms with van der Waals surface area (Å²) in [5.41, 5.74) is 12.3. The van der Waals surface area contributed by atoms with E-state index in [9.17, 15) is 10.5 Å². The molecule has 0 saturated carbocycles. The molecule has 0 bridgehead atoms. The second-order valence-corrected chi connectivity index (χ2v) is 13.9. The summed E-state index contributed by atoms with van der Waals surface area (Å²) < 4.78 is 6.96. The van der Waals surface area contributed by atoms with Crippen molar-refractivity contribution in [3.8, 4) is 40.3 Å². The Morgan fingerprint density at radius 2 is 0.709 bits per heavy atom. The molecule has 5 nitrogen and oxygen atoms in total. The maximum atomic E-state index is 10.8. The molecular formula is C50H29N5. The molecule has 0 unspecified atom stereocenters. The molecular weight excluding hydrogens is 671 g/mol. The summed E-state index contributed by atoms with van der Waals surface area (Å²) in [6.07, 6.45) is 0. The highest BCUT2D eigenvalue weighted by atomic mass is 15.0. The Labute approximate surface area is 316 Å². The van der Waals surface area contributed by atoms with E-state index in [-0.39, 0.29) is 0 Å². The zero-order valence-corrected chi connectivity index (χ0v) is 29.5. The molecule has 11 aromatic rings. The van der Waals surface area contributed by atoms with E-state index in [0.29, 0.717) is 11.1 Å². The zero-order chi connectivity index (χ0) is 36.6. The molecule has 0 fully saturated rings. The third kappa shape index (κ3) is 4.27. The van der Waals surface area contributed by atoms with Crippen molar-refractivity contribution >= 4 is 65.4 Å². The summed E-state index contributed by atoms with van der Waals surface area (Å²) >= 11 is 0. The van der Waals surface area contributed by atoms with Crippen molar-refractivity contribution in [3.05, 3.63) is 187 Å². The van der Waals surface area contributed by atoms with Crippen molar-refractivity contribution in [2.45, 2.75) is 0 Å². The van der Waals surface area contributed by atoms with Crippen LogP contribution in [0.4, 0.5) is 0 Å². The minimum absolute atomic E-state index is 0.577. The third-order valence-corrected chi connectivity index (χ3v) is 11.1. The molecule has 0 amide bonds. The fraction of sp³-hybridized carbons (Fsp3) is 0. The van der Waals surface area contributed by atoms with Gasteiger partial charge in [0.1, 0.15) is 0 Å². The first kappa shape index (κ1) is 30.7. The normalized spacial score (nSPS) is 11.6. The lowest BCUT2D eigenvalue weighted by Gasteiger charge is -2.19. The first-order valence-electron chi connectivity index (χ1n) is 18.3. The van der Waals surface area contributed by atoms with Crippen LogP contribution in [-0.4, -0.2) is 13.7 Å². The van der Waals surface area contributed by atoms with Crippen LogP contribution in [0.1, 0.15) is 11.1 Å². The van der Waals surface area contributed by atoms with Crippen molar-refractivity contribution in [1.82, 2.24) is 13.7 Å². The number of para-hydroxylation sites is 5. The molecule has 3 heterocycles. The first-order valence-corrected chi connectivity index (χ1v) is 18.3. The minimum Gasteiger partial charge on any atom is -0.309 e. The van der Waals surface area contributed by atoms with Gasteiger partial charge in [-0.15, -0.1) is 0 Å². The standard InChI is InChI=1S/C50H29N5/c51-30-32-14-11-26-44-48(32)36-18-3-8-23-41(36)54(44)42-24-9-4-19-37(42)49-33(31-52)15-12-27-45(49)55-43-25-10-5-20-38(43)50-46(28-13-29-47(50)55)53-39-21-6-1-16-34(39)35-17-2-7-22-40(35)53/h1-29H. The zero-order valence-electron chi connectivity index (χ0n) is 29.5. The van der Waals surface area contributed by atoms with Gasteiger partial charge in [-0.3, -0.25) is 0 Å². The average molecular weight is 700 g/mol. The molecule has 0 saturated heterocycles. The number of aromatic nitrogens is 3. The number of nitriles is 2. The SMILES string of the molecule is N#Cc1cccc(-n2c3ccccc3c3c(-n4c5ccccc5c5ccccc54)cccc32)c1-c1ccccc1-n1c2ccccc2c2c(C#N)cccc21. The van der Waals surface area contributed by atoms with Gasteiger partial charge in [-0.1, -0.05) is 109 Å². The van der Waals surface area contributed by atoms with Crippen molar-refractivity contribution in [3.63, 3.8) is 0 Å². The number of hydrogen-bond donors (Lipinski definition) is 0. The predicted octanol–water partition coefficient (Wildman–Crippen LogP) is 12.4. The lowest BCUT2D eigenvalue weighted by atomic mass is 9.96. The van der Waals surface area contributed by atoms with Crippen LogP contribution < -0.4 is 0 Å². The highest BCUT2D eigenvalue weighted by Gasteiger charge is 2.24. The molecule has 55 heavy (non-hydrogen) atoms. The number of fused-ring (bicyclic) bond motifs is 9. The first-order chi connectivity index (χ1) is 27.3.